The van der Waals surface area contributed by atoms with Crippen molar-refractivity contribution >= 4 is 34.3 Å². The summed E-state index contributed by atoms with van der Waals surface area (Å²) >= 11 is 0. The molecule has 8 heteroatoms. The van der Waals surface area contributed by atoms with Crippen LogP contribution >= 0.6 is 0 Å². The lowest BCUT2D eigenvalue weighted by Crippen LogP contribution is -2.43. The van der Waals surface area contributed by atoms with Gasteiger partial charge in [-0.3, -0.25) is 14.5 Å². The molecule has 2 aromatic rings. The molecule has 0 aliphatic carbocycles. The molecular formula is C21H27N5O3. The molecule has 1 aliphatic rings. The van der Waals surface area contributed by atoms with E-state index in [0.29, 0.717) is 48.4 Å². The monoisotopic (exact) mass is 397 g/mol. The molecule has 0 unspecified atom stereocenters. The van der Waals surface area contributed by atoms with Crippen molar-refractivity contribution in [3.05, 3.63) is 41.5 Å². The van der Waals surface area contributed by atoms with E-state index in [4.69, 9.17) is 5.73 Å². The molecule has 0 saturated heterocycles. The number of benzene rings is 2. The second-order valence-electron chi connectivity index (χ2n) is 7.37. The topological polar surface area (TPSA) is 108 Å². The van der Waals surface area contributed by atoms with Crippen LogP contribution in [0, 0.1) is 0 Å². The Morgan fingerprint density at radius 3 is 2.59 bits per heavy atom. The fourth-order valence-corrected chi connectivity index (χ4v) is 3.38. The summed E-state index contributed by atoms with van der Waals surface area (Å²) < 4.78 is 0. The summed E-state index contributed by atoms with van der Waals surface area (Å²) in [6.07, 6.45) is 1.65. The molecule has 0 atom stereocenters. The molecule has 0 radical (unpaired) electrons. The van der Waals surface area contributed by atoms with E-state index in [-0.39, 0.29) is 17.8 Å². The summed E-state index contributed by atoms with van der Waals surface area (Å²) in [4.78, 5) is 41.3. The van der Waals surface area contributed by atoms with Crippen LogP contribution in [0.25, 0.3) is 10.8 Å². The summed E-state index contributed by atoms with van der Waals surface area (Å²) in [5, 5.41) is 6.94. The van der Waals surface area contributed by atoms with Crippen LogP contribution < -0.4 is 16.4 Å². The van der Waals surface area contributed by atoms with Crippen LogP contribution in [0.4, 0.5) is 10.5 Å². The number of likely N-dealkylation sites (N-methyl/N-ethyl adjacent to an activating group) is 1. The van der Waals surface area contributed by atoms with Gasteiger partial charge in [0.2, 0.25) is 0 Å². The van der Waals surface area contributed by atoms with E-state index < -0.39 is 0 Å². The van der Waals surface area contributed by atoms with Crippen LogP contribution in [0.3, 0.4) is 0 Å². The highest BCUT2D eigenvalue weighted by Gasteiger charge is 2.33. The molecule has 0 spiro atoms. The van der Waals surface area contributed by atoms with Gasteiger partial charge in [-0.2, -0.15) is 0 Å². The number of nitrogens with one attached hydrogen (secondary N) is 2. The zero-order valence-electron chi connectivity index (χ0n) is 16.8. The van der Waals surface area contributed by atoms with E-state index in [1.807, 2.05) is 25.1 Å². The number of nitrogens with zero attached hydrogens (tertiary/aromatic N) is 2. The van der Waals surface area contributed by atoms with E-state index in [2.05, 4.69) is 10.6 Å². The van der Waals surface area contributed by atoms with Crippen LogP contribution in [-0.2, 0) is 0 Å². The average molecular weight is 397 g/mol. The minimum Gasteiger partial charge on any atom is -0.338 e. The van der Waals surface area contributed by atoms with Gasteiger partial charge in [0.05, 0.1) is 5.56 Å². The highest BCUT2D eigenvalue weighted by molar-refractivity contribution is 6.26. The Balaban J connectivity index is 1.88. The van der Waals surface area contributed by atoms with E-state index in [1.165, 1.54) is 4.90 Å². The van der Waals surface area contributed by atoms with Gasteiger partial charge < -0.3 is 21.3 Å². The first kappa shape index (κ1) is 20.8. The average Bonchev–Trinajstić information content (AvgIpc) is 2.68. The number of carbonyl (C=O) groups is 3. The minimum absolute atomic E-state index is 0.284. The lowest BCUT2D eigenvalue weighted by Gasteiger charge is -2.28. The molecule has 1 heterocycles. The molecule has 4 N–H and O–H groups in total. The smallest absolute Gasteiger partial charge is 0.319 e. The molecule has 3 rings (SSSR count). The standard InChI is InChI=1S/C21H27N5O3/c1-25(2)10-11-26-19(27)16-7-5-6-14-12-15(13-17(18(14)16)20(26)28)24-21(29)23-9-4-3-8-22/h5-7,12-13H,3-4,8-11,22H2,1-2H3,(H2,23,24,29). The van der Waals surface area contributed by atoms with E-state index in [9.17, 15) is 14.4 Å². The zero-order chi connectivity index (χ0) is 21.0. The minimum atomic E-state index is -0.340. The maximum atomic E-state index is 13.1. The lowest BCUT2D eigenvalue weighted by atomic mass is 9.93. The quantitative estimate of drug-likeness (QED) is 0.465. The molecular weight excluding hydrogens is 370 g/mol. The fourth-order valence-electron chi connectivity index (χ4n) is 3.38. The van der Waals surface area contributed by atoms with Gasteiger partial charge in [0.25, 0.3) is 11.8 Å². The Bertz CT molecular complexity index is 941. The van der Waals surface area contributed by atoms with E-state index >= 15 is 0 Å². The number of carbonyl (C=O) groups excluding carboxylic acids is 3. The first-order valence-electron chi connectivity index (χ1n) is 9.75. The largest absolute Gasteiger partial charge is 0.338 e. The maximum Gasteiger partial charge on any atom is 0.319 e. The number of urea groups is 1. The van der Waals surface area contributed by atoms with Crippen molar-refractivity contribution in [3.8, 4) is 0 Å². The highest BCUT2D eigenvalue weighted by Crippen LogP contribution is 2.32. The van der Waals surface area contributed by atoms with E-state index in [0.717, 1.165) is 18.2 Å². The summed E-state index contributed by atoms with van der Waals surface area (Å²) in [5.41, 5.74) is 6.90. The van der Waals surface area contributed by atoms with Crippen molar-refractivity contribution < 1.29 is 14.4 Å². The number of amides is 4. The summed E-state index contributed by atoms with van der Waals surface area (Å²) in [6, 6.07) is 8.44. The van der Waals surface area contributed by atoms with Crippen LogP contribution in [0.15, 0.2) is 30.3 Å². The van der Waals surface area contributed by atoms with Crippen molar-refractivity contribution in [2.45, 2.75) is 12.8 Å². The number of rotatable bonds is 8. The molecule has 154 valence electrons. The third kappa shape index (κ3) is 4.55. The Hall–Kier alpha value is -2.97. The molecule has 0 bridgehead atoms. The molecule has 0 aromatic heterocycles. The van der Waals surface area contributed by atoms with Gasteiger partial charge in [-0.25, -0.2) is 4.79 Å². The predicted octanol–water partition coefficient (Wildman–Crippen LogP) is 1.86. The number of unbranched alkanes of at least 4 members (excludes halogenated alkanes) is 1. The Morgan fingerprint density at radius 2 is 1.86 bits per heavy atom. The number of imide groups is 1. The van der Waals surface area contributed by atoms with E-state index in [1.54, 1.807) is 24.3 Å². The van der Waals surface area contributed by atoms with Crippen molar-refractivity contribution in [2.75, 3.05) is 45.6 Å². The molecule has 1 aliphatic heterocycles. The van der Waals surface area contributed by atoms with Crippen LogP contribution in [0.1, 0.15) is 33.6 Å². The number of hydrogen-bond donors (Lipinski definition) is 3. The predicted molar refractivity (Wildman–Crippen MR) is 113 cm³/mol. The van der Waals surface area contributed by atoms with Crippen LogP contribution in [0.2, 0.25) is 0 Å². The number of nitrogens with two attached hydrogens (primary N) is 1. The second-order valence-corrected chi connectivity index (χ2v) is 7.37. The summed E-state index contributed by atoms with van der Waals surface area (Å²) in [7, 11) is 3.78. The normalized spacial score (nSPS) is 13.3. The van der Waals surface area contributed by atoms with Crippen LogP contribution in [0.5, 0.6) is 0 Å². The number of anilines is 1. The molecule has 4 amide bonds. The summed E-state index contributed by atoms with van der Waals surface area (Å²) in [5.74, 6) is -0.624. The maximum absolute atomic E-state index is 13.1. The Labute approximate surface area is 170 Å². The van der Waals surface area contributed by atoms with Crippen LogP contribution in [-0.4, -0.2) is 67.9 Å². The van der Waals surface area contributed by atoms with Gasteiger partial charge in [0.1, 0.15) is 0 Å². The van der Waals surface area contributed by atoms with Gasteiger partial charge in [-0.1, -0.05) is 12.1 Å². The summed E-state index contributed by atoms with van der Waals surface area (Å²) in [6.45, 7) is 2.00. The molecule has 8 nitrogen and oxygen atoms in total. The fraction of sp³-hybridized carbons (Fsp3) is 0.381. The first-order chi connectivity index (χ1) is 13.9. The zero-order valence-corrected chi connectivity index (χ0v) is 16.8. The lowest BCUT2D eigenvalue weighted by molar-refractivity contribution is 0.0601. The third-order valence-corrected chi connectivity index (χ3v) is 4.87. The Morgan fingerprint density at radius 1 is 1.10 bits per heavy atom. The van der Waals surface area contributed by atoms with Crippen molar-refractivity contribution in [3.63, 3.8) is 0 Å². The van der Waals surface area contributed by atoms with Gasteiger partial charge in [0.15, 0.2) is 0 Å². The third-order valence-electron chi connectivity index (χ3n) is 4.87. The highest BCUT2D eigenvalue weighted by atomic mass is 16.2. The Kier molecular flexibility index (Phi) is 6.46. The SMILES string of the molecule is CN(C)CCN1C(=O)c2cccc3cc(NC(=O)NCCCCN)cc(c23)C1=O. The molecule has 2 aromatic carbocycles. The molecule has 29 heavy (non-hydrogen) atoms. The second kappa shape index (κ2) is 9.02. The first-order valence-corrected chi connectivity index (χ1v) is 9.75. The van der Waals surface area contributed by atoms with Crippen molar-refractivity contribution in [2.24, 2.45) is 5.73 Å². The van der Waals surface area contributed by atoms with Gasteiger partial charge in [-0.15, -0.1) is 0 Å². The van der Waals surface area contributed by atoms with Gasteiger partial charge in [-0.05, 0) is 57.1 Å². The van der Waals surface area contributed by atoms with Crippen molar-refractivity contribution in [1.82, 2.24) is 15.1 Å². The number of hydrogen-bond acceptors (Lipinski definition) is 5. The molecule has 0 fully saturated rings. The van der Waals surface area contributed by atoms with Gasteiger partial charge in [0, 0.05) is 36.3 Å². The molecule has 0 saturated carbocycles. The van der Waals surface area contributed by atoms with Gasteiger partial charge >= 0.3 is 6.03 Å². The van der Waals surface area contributed by atoms with Crippen molar-refractivity contribution in [1.29, 1.82) is 0 Å².